The fourth-order valence-electron chi connectivity index (χ4n) is 3.02. The van der Waals surface area contributed by atoms with Crippen LogP contribution in [0.2, 0.25) is 0 Å². The summed E-state index contributed by atoms with van der Waals surface area (Å²) >= 11 is 2.98. The Morgan fingerprint density at radius 3 is 2.62 bits per heavy atom. The summed E-state index contributed by atoms with van der Waals surface area (Å²) in [6.45, 7) is 1.80. The Labute approximate surface area is 130 Å². The van der Waals surface area contributed by atoms with E-state index in [0.29, 0.717) is 18.8 Å². The van der Waals surface area contributed by atoms with Gasteiger partial charge in [-0.15, -0.1) is 0 Å². The lowest BCUT2D eigenvalue weighted by atomic mass is 9.76. The highest BCUT2D eigenvalue weighted by Gasteiger charge is 2.37. The molecule has 0 saturated heterocycles. The Balaban J connectivity index is 2.24. The van der Waals surface area contributed by atoms with Crippen LogP contribution < -0.4 is 5.32 Å². The van der Waals surface area contributed by atoms with Gasteiger partial charge < -0.3 is 10.4 Å². The fourth-order valence-corrected chi connectivity index (χ4v) is 3.42. The molecule has 1 aliphatic carbocycles. The van der Waals surface area contributed by atoms with Crippen LogP contribution in [-0.2, 0) is 0 Å². The highest BCUT2D eigenvalue weighted by atomic mass is 79.9. The van der Waals surface area contributed by atoms with Gasteiger partial charge in [-0.1, -0.05) is 35.7 Å². The predicted molar refractivity (Wildman–Crippen MR) is 79.0 cm³/mol. The Morgan fingerprint density at radius 1 is 1.48 bits per heavy atom. The average molecular weight is 362 g/mol. The van der Waals surface area contributed by atoms with Crippen LogP contribution >= 0.6 is 15.9 Å². The van der Waals surface area contributed by atoms with Crippen molar-refractivity contribution in [2.24, 2.45) is 5.92 Å². The third kappa shape index (κ3) is 3.61. The van der Waals surface area contributed by atoms with E-state index in [0.717, 1.165) is 25.0 Å². The Hall–Kier alpha value is -1.01. The number of hydrogen-bond donors (Lipinski definition) is 2. The third-order valence-electron chi connectivity index (χ3n) is 4.01. The first-order valence-electron chi connectivity index (χ1n) is 6.95. The topological polar surface area (TPSA) is 49.3 Å². The van der Waals surface area contributed by atoms with Gasteiger partial charge in [-0.05, 0) is 30.9 Å². The molecule has 21 heavy (non-hydrogen) atoms. The summed E-state index contributed by atoms with van der Waals surface area (Å²) in [5.74, 6) is -2.31. The lowest BCUT2D eigenvalue weighted by Crippen LogP contribution is -2.54. The van der Waals surface area contributed by atoms with E-state index < -0.39 is 28.6 Å². The molecule has 1 amide bonds. The molecule has 0 spiro atoms. The first kappa shape index (κ1) is 16.4. The summed E-state index contributed by atoms with van der Waals surface area (Å²) in [5, 5.41) is 12.3. The minimum atomic E-state index is -0.920. The van der Waals surface area contributed by atoms with Gasteiger partial charge in [0.2, 0.25) is 0 Å². The van der Waals surface area contributed by atoms with Crippen molar-refractivity contribution in [3.8, 4) is 0 Å². The molecule has 1 saturated carbocycles. The number of amides is 1. The Morgan fingerprint density at radius 2 is 2.10 bits per heavy atom. The molecule has 1 aromatic rings. The quantitative estimate of drug-likeness (QED) is 0.866. The molecule has 0 radical (unpaired) electrons. The maximum atomic E-state index is 13.8. The highest BCUT2D eigenvalue weighted by molar-refractivity contribution is 9.10. The molecule has 0 heterocycles. The highest BCUT2D eigenvalue weighted by Crippen LogP contribution is 2.32. The second-order valence-corrected chi connectivity index (χ2v) is 6.75. The predicted octanol–water partition coefficient (Wildman–Crippen LogP) is 3.40. The molecule has 0 bridgehead atoms. The van der Waals surface area contributed by atoms with Crippen LogP contribution in [0.3, 0.4) is 0 Å². The molecule has 2 N–H and O–H groups in total. The number of aliphatic hydroxyl groups is 1. The van der Waals surface area contributed by atoms with Crippen LogP contribution in [-0.4, -0.2) is 23.2 Å². The molecule has 2 atom stereocenters. The van der Waals surface area contributed by atoms with Crippen LogP contribution in [0.25, 0.3) is 0 Å². The van der Waals surface area contributed by atoms with Crippen molar-refractivity contribution >= 4 is 21.8 Å². The zero-order valence-corrected chi connectivity index (χ0v) is 13.3. The van der Waals surface area contributed by atoms with Gasteiger partial charge in [0.15, 0.2) is 0 Å². The molecule has 1 aliphatic rings. The van der Waals surface area contributed by atoms with Gasteiger partial charge in [0.25, 0.3) is 5.91 Å². The summed E-state index contributed by atoms with van der Waals surface area (Å²) < 4.78 is 27.9. The van der Waals surface area contributed by atoms with Crippen molar-refractivity contribution in [2.45, 2.75) is 38.1 Å². The molecular formula is C15H18BrF2NO2. The number of nitrogens with one attached hydrogen (secondary N) is 1. The van der Waals surface area contributed by atoms with Gasteiger partial charge in [0.1, 0.15) is 17.2 Å². The zero-order chi connectivity index (χ0) is 15.6. The van der Waals surface area contributed by atoms with E-state index in [9.17, 15) is 18.7 Å². The smallest absolute Gasteiger partial charge is 0.257 e. The van der Waals surface area contributed by atoms with E-state index in [2.05, 4.69) is 21.2 Å². The van der Waals surface area contributed by atoms with Crippen molar-refractivity contribution < 1.29 is 18.7 Å². The van der Waals surface area contributed by atoms with Crippen LogP contribution in [0, 0.1) is 17.6 Å². The number of carbonyl (C=O) groups excluding carboxylic acids is 1. The van der Waals surface area contributed by atoms with Crippen molar-refractivity contribution in [3.05, 3.63) is 33.8 Å². The standard InChI is InChI=1S/C15H18BrF2NO2/c1-9-3-2-4-15(7-9,8-20)19-14(21)13-11(17)5-10(16)6-12(13)18/h5-6,9,20H,2-4,7-8H2,1H3,(H,19,21). The second-order valence-electron chi connectivity index (χ2n) is 5.84. The molecular weight excluding hydrogens is 344 g/mol. The Bertz CT molecular complexity index is 529. The van der Waals surface area contributed by atoms with E-state index >= 15 is 0 Å². The first-order valence-corrected chi connectivity index (χ1v) is 7.74. The number of aliphatic hydroxyl groups excluding tert-OH is 1. The van der Waals surface area contributed by atoms with Gasteiger partial charge in [0, 0.05) is 4.47 Å². The summed E-state index contributed by atoms with van der Waals surface area (Å²) in [6, 6.07) is 2.10. The maximum Gasteiger partial charge on any atom is 0.257 e. The van der Waals surface area contributed by atoms with Crippen molar-refractivity contribution in [2.75, 3.05) is 6.61 Å². The monoisotopic (exact) mass is 361 g/mol. The second kappa shape index (κ2) is 6.40. The largest absolute Gasteiger partial charge is 0.394 e. The molecule has 1 fully saturated rings. The summed E-state index contributed by atoms with van der Waals surface area (Å²) in [7, 11) is 0. The minimum Gasteiger partial charge on any atom is -0.394 e. The van der Waals surface area contributed by atoms with Crippen LogP contribution in [0.5, 0.6) is 0 Å². The van der Waals surface area contributed by atoms with Gasteiger partial charge in [-0.3, -0.25) is 4.79 Å². The molecule has 2 rings (SSSR count). The SMILES string of the molecule is CC1CCCC(CO)(NC(=O)c2c(F)cc(Br)cc2F)C1. The molecule has 0 aliphatic heterocycles. The molecule has 3 nitrogen and oxygen atoms in total. The minimum absolute atomic E-state index is 0.233. The zero-order valence-electron chi connectivity index (χ0n) is 11.8. The number of hydrogen-bond acceptors (Lipinski definition) is 2. The lowest BCUT2D eigenvalue weighted by molar-refractivity contribution is 0.0690. The van der Waals surface area contributed by atoms with E-state index in [1.807, 2.05) is 6.92 Å². The van der Waals surface area contributed by atoms with E-state index in [4.69, 9.17) is 0 Å². The van der Waals surface area contributed by atoms with Crippen LogP contribution in [0.4, 0.5) is 8.78 Å². The number of halogens is 3. The third-order valence-corrected chi connectivity index (χ3v) is 4.46. The normalized spacial score (nSPS) is 25.7. The first-order chi connectivity index (χ1) is 9.87. The molecule has 116 valence electrons. The van der Waals surface area contributed by atoms with Gasteiger partial charge >= 0.3 is 0 Å². The fraction of sp³-hybridized carbons (Fsp3) is 0.533. The number of rotatable bonds is 3. The van der Waals surface area contributed by atoms with E-state index in [1.165, 1.54) is 0 Å². The average Bonchev–Trinajstić information content (AvgIpc) is 2.37. The van der Waals surface area contributed by atoms with Crippen molar-refractivity contribution in [1.82, 2.24) is 5.32 Å². The lowest BCUT2D eigenvalue weighted by Gasteiger charge is -2.39. The molecule has 6 heteroatoms. The van der Waals surface area contributed by atoms with Gasteiger partial charge in [-0.25, -0.2) is 8.78 Å². The summed E-state index contributed by atoms with van der Waals surface area (Å²) in [5.41, 5.74) is -1.40. The van der Waals surface area contributed by atoms with Crippen LogP contribution in [0.1, 0.15) is 43.0 Å². The van der Waals surface area contributed by atoms with E-state index in [1.54, 1.807) is 0 Å². The summed E-state index contributed by atoms with van der Waals surface area (Å²) in [4.78, 5) is 12.2. The van der Waals surface area contributed by atoms with Crippen molar-refractivity contribution in [3.63, 3.8) is 0 Å². The Kier molecular flexibility index (Phi) is 4.99. The summed E-state index contributed by atoms with van der Waals surface area (Å²) in [6.07, 6.45) is 3.11. The maximum absolute atomic E-state index is 13.8. The number of carbonyl (C=O) groups is 1. The molecule has 2 unspecified atom stereocenters. The van der Waals surface area contributed by atoms with Crippen molar-refractivity contribution in [1.29, 1.82) is 0 Å². The number of benzene rings is 1. The molecule has 0 aromatic heterocycles. The van der Waals surface area contributed by atoms with Crippen LogP contribution in [0.15, 0.2) is 16.6 Å². The van der Waals surface area contributed by atoms with Gasteiger partial charge in [0.05, 0.1) is 12.1 Å². The molecule has 1 aromatic carbocycles. The van der Waals surface area contributed by atoms with Gasteiger partial charge in [-0.2, -0.15) is 0 Å². The van der Waals surface area contributed by atoms with E-state index in [-0.39, 0.29) is 11.1 Å².